The van der Waals surface area contributed by atoms with E-state index in [1.807, 2.05) is 4.90 Å². The summed E-state index contributed by atoms with van der Waals surface area (Å²) >= 11 is 0. The summed E-state index contributed by atoms with van der Waals surface area (Å²) < 4.78 is 26.6. The van der Waals surface area contributed by atoms with Crippen molar-refractivity contribution >= 4 is 11.8 Å². The van der Waals surface area contributed by atoms with Gasteiger partial charge in [-0.2, -0.15) is 0 Å². The van der Waals surface area contributed by atoms with Crippen molar-refractivity contribution in [3.8, 4) is 0 Å². The number of likely N-dealkylation sites (tertiary alicyclic amines) is 1. The molecule has 0 aliphatic carbocycles. The van der Waals surface area contributed by atoms with E-state index < -0.39 is 17.5 Å². The second kappa shape index (κ2) is 10.3. The molecule has 0 spiro atoms. The first-order valence-corrected chi connectivity index (χ1v) is 10.5. The van der Waals surface area contributed by atoms with Crippen molar-refractivity contribution in [1.29, 1.82) is 0 Å². The molecular formula is C24H28F2N2O2. The third-order valence-corrected chi connectivity index (χ3v) is 5.73. The van der Waals surface area contributed by atoms with Crippen LogP contribution in [0, 0.1) is 24.5 Å². The van der Waals surface area contributed by atoms with Gasteiger partial charge in [0.05, 0.1) is 5.56 Å². The van der Waals surface area contributed by atoms with Crippen molar-refractivity contribution in [3.05, 3.63) is 70.8 Å². The van der Waals surface area contributed by atoms with Gasteiger partial charge in [0.15, 0.2) is 0 Å². The van der Waals surface area contributed by atoms with Crippen LogP contribution in [0.1, 0.15) is 47.2 Å². The number of benzene rings is 2. The van der Waals surface area contributed by atoms with Crippen LogP contribution in [0.25, 0.3) is 0 Å². The maximum Gasteiger partial charge on any atom is 0.254 e. The van der Waals surface area contributed by atoms with Gasteiger partial charge in [0.2, 0.25) is 5.91 Å². The van der Waals surface area contributed by atoms with Crippen molar-refractivity contribution in [3.63, 3.8) is 0 Å². The van der Waals surface area contributed by atoms with Gasteiger partial charge in [-0.25, -0.2) is 8.78 Å². The fourth-order valence-corrected chi connectivity index (χ4v) is 3.81. The Bertz CT molecular complexity index is 875. The van der Waals surface area contributed by atoms with Crippen LogP contribution in [0.2, 0.25) is 0 Å². The zero-order chi connectivity index (χ0) is 21.5. The highest BCUT2D eigenvalue weighted by Gasteiger charge is 2.22. The molecule has 0 atom stereocenters. The number of hydrogen-bond donors (Lipinski definition) is 1. The molecule has 1 aliphatic rings. The van der Waals surface area contributed by atoms with Crippen LogP contribution >= 0.6 is 0 Å². The number of nitrogens with zero attached hydrogens (tertiary/aromatic N) is 1. The lowest BCUT2D eigenvalue weighted by Gasteiger charge is -2.32. The number of piperidine rings is 1. The van der Waals surface area contributed by atoms with Crippen molar-refractivity contribution in [1.82, 2.24) is 10.2 Å². The summed E-state index contributed by atoms with van der Waals surface area (Å²) in [6.45, 7) is 3.68. The topological polar surface area (TPSA) is 49.4 Å². The lowest BCUT2D eigenvalue weighted by atomic mass is 9.90. The summed E-state index contributed by atoms with van der Waals surface area (Å²) in [5, 5.41) is 2.53. The number of hydrogen-bond acceptors (Lipinski definition) is 2. The number of amides is 2. The molecule has 2 aromatic rings. The molecule has 2 amide bonds. The average Bonchev–Trinajstić information content (AvgIpc) is 2.73. The summed E-state index contributed by atoms with van der Waals surface area (Å²) in [5.41, 5.74) is 2.40. The van der Waals surface area contributed by atoms with E-state index >= 15 is 0 Å². The monoisotopic (exact) mass is 414 g/mol. The van der Waals surface area contributed by atoms with Crippen LogP contribution < -0.4 is 5.32 Å². The normalized spacial score (nSPS) is 14.6. The zero-order valence-electron chi connectivity index (χ0n) is 17.3. The fourth-order valence-electron chi connectivity index (χ4n) is 3.81. The molecular weight excluding hydrogens is 386 g/mol. The minimum absolute atomic E-state index is 0.00753. The van der Waals surface area contributed by atoms with E-state index in [2.05, 4.69) is 36.5 Å². The summed E-state index contributed by atoms with van der Waals surface area (Å²) in [6.07, 6.45) is 4.34. The van der Waals surface area contributed by atoms with Gasteiger partial charge < -0.3 is 10.2 Å². The molecule has 0 radical (unpaired) electrons. The minimum Gasteiger partial charge on any atom is -0.351 e. The Labute approximate surface area is 176 Å². The van der Waals surface area contributed by atoms with Crippen LogP contribution in [0.3, 0.4) is 0 Å². The Hall–Kier alpha value is -2.76. The molecule has 1 aliphatic heterocycles. The van der Waals surface area contributed by atoms with Crippen LogP contribution in [-0.4, -0.2) is 36.3 Å². The fraction of sp³-hybridized carbons (Fsp3) is 0.417. The molecule has 0 bridgehead atoms. The second-order valence-corrected chi connectivity index (χ2v) is 7.98. The van der Waals surface area contributed by atoms with E-state index in [1.54, 1.807) is 0 Å². The maximum atomic E-state index is 13.6. The van der Waals surface area contributed by atoms with Gasteiger partial charge in [-0.15, -0.1) is 0 Å². The van der Waals surface area contributed by atoms with Gasteiger partial charge in [-0.3, -0.25) is 9.59 Å². The summed E-state index contributed by atoms with van der Waals surface area (Å²) in [6, 6.07) is 11.4. The minimum atomic E-state index is -0.911. The second-order valence-electron chi connectivity index (χ2n) is 7.98. The Morgan fingerprint density at radius 3 is 2.43 bits per heavy atom. The zero-order valence-corrected chi connectivity index (χ0v) is 17.3. The predicted molar refractivity (Wildman–Crippen MR) is 112 cm³/mol. The molecule has 2 aromatic carbocycles. The Balaban J connectivity index is 1.35. The number of carbonyl (C=O) groups excluding carboxylic acids is 2. The van der Waals surface area contributed by atoms with Crippen molar-refractivity contribution in [2.45, 2.75) is 39.0 Å². The van der Waals surface area contributed by atoms with Crippen LogP contribution in [0.4, 0.5) is 8.78 Å². The molecule has 3 rings (SSSR count). The Morgan fingerprint density at radius 1 is 1.07 bits per heavy atom. The molecule has 0 saturated carbocycles. The average molecular weight is 414 g/mol. The third kappa shape index (κ3) is 6.12. The largest absolute Gasteiger partial charge is 0.351 e. The summed E-state index contributed by atoms with van der Waals surface area (Å²) in [4.78, 5) is 26.2. The maximum absolute atomic E-state index is 13.6. The van der Waals surface area contributed by atoms with E-state index in [1.165, 1.54) is 11.1 Å². The lowest BCUT2D eigenvalue weighted by Crippen LogP contribution is -2.40. The molecule has 30 heavy (non-hydrogen) atoms. The smallest absolute Gasteiger partial charge is 0.254 e. The quantitative estimate of drug-likeness (QED) is 0.736. The Kier molecular flexibility index (Phi) is 7.55. The van der Waals surface area contributed by atoms with Crippen LogP contribution in [0.5, 0.6) is 0 Å². The molecule has 160 valence electrons. The van der Waals surface area contributed by atoms with E-state index in [0.717, 1.165) is 50.9 Å². The molecule has 4 nitrogen and oxygen atoms in total. The van der Waals surface area contributed by atoms with Gasteiger partial charge >= 0.3 is 0 Å². The number of carbonyl (C=O) groups is 2. The highest BCUT2D eigenvalue weighted by Crippen LogP contribution is 2.23. The van der Waals surface area contributed by atoms with Crippen molar-refractivity contribution < 1.29 is 18.4 Å². The van der Waals surface area contributed by atoms with Gasteiger partial charge in [0, 0.05) is 32.1 Å². The standard InChI is InChI=1S/C24H28F2N2O2/c1-17-2-4-18(5-3-17)6-7-19-11-14-28(15-12-19)23(29)10-13-27-24(30)21-9-8-20(25)16-22(21)26/h2-5,8-9,16,19H,6-7,10-15H2,1H3,(H,27,30). The summed E-state index contributed by atoms with van der Waals surface area (Å²) in [5.74, 6) is -1.67. The van der Waals surface area contributed by atoms with Gasteiger partial charge in [-0.1, -0.05) is 29.8 Å². The van der Waals surface area contributed by atoms with E-state index in [-0.39, 0.29) is 24.4 Å². The number of nitrogens with one attached hydrogen (secondary N) is 1. The highest BCUT2D eigenvalue weighted by molar-refractivity contribution is 5.94. The molecule has 0 unspecified atom stereocenters. The van der Waals surface area contributed by atoms with Gasteiger partial charge in [0.1, 0.15) is 11.6 Å². The molecule has 1 saturated heterocycles. The van der Waals surface area contributed by atoms with E-state index in [9.17, 15) is 18.4 Å². The van der Waals surface area contributed by atoms with Crippen molar-refractivity contribution in [2.24, 2.45) is 5.92 Å². The third-order valence-electron chi connectivity index (χ3n) is 5.73. The first kappa shape index (κ1) is 21.9. The van der Waals surface area contributed by atoms with Crippen LogP contribution in [0.15, 0.2) is 42.5 Å². The van der Waals surface area contributed by atoms with E-state index in [4.69, 9.17) is 0 Å². The molecule has 1 fully saturated rings. The summed E-state index contributed by atoms with van der Waals surface area (Å²) in [7, 11) is 0. The van der Waals surface area contributed by atoms with Crippen molar-refractivity contribution in [2.75, 3.05) is 19.6 Å². The lowest BCUT2D eigenvalue weighted by molar-refractivity contribution is -0.132. The molecule has 1 N–H and O–H groups in total. The SMILES string of the molecule is Cc1ccc(CCC2CCN(C(=O)CCNC(=O)c3ccc(F)cc3F)CC2)cc1. The number of rotatable bonds is 7. The Morgan fingerprint density at radius 2 is 1.77 bits per heavy atom. The number of aryl methyl sites for hydroxylation is 2. The van der Waals surface area contributed by atoms with Gasteiger partial charge in [0.25, 0.3) is 5.91 Å². The first-order valence-electron chi connectivity index (χ1n) is 10.5. The first-order chi connectivity index (χ1) is 14.4. The highest BCUT2D eigenvalue weighted by atomic mass is 19.1. The molecule has 1 heterocycles. The predicted octanol–water partition coefficient (Wildman–Crippen LogP) is 4.26. The van der Waals surface area contributed by atoms with Gasteiger partial charge in [-0.05, 0) is 56.2 Å². The number of halogens is 2. The van der Waals surface area contributed by atoms with E-state index in [0.29, 0.717) is 12.0 Å². The molecule has 6 heteroatoms. The molecule has 0 aromatic heterocycles. The van der Waals surface area contributed by atoms with Crippen LogP contribution in [-0.2, 0) is 11.2 Å².